The second-order valence-corrected chi connectivity index (χ2v) is 8.78. The Bertz CT molecular complexity index is 1300. The van der Waals surface area contributed by atoms with Crippen LogP contribution in [0.25, 0.3) is 11.0 Å². The average Bonchev–Trinajstić information content (AvgIpc) is 3.11. The van der Waals surface area contributed by atoms with Gasteiger partial charge in [0.2, 0.25) is 6.41 Å². The number of halogens is 4. The number of nitrogens with zero attached hydrogens (tertiary/aromatic N) is 4. The maximum atomic E-state index is 13.7. The molecular weight excluding hydrogens is 482 g/mol. The van der Waals surface area contributed by atoms with Gasteiger partial charge in [0.15, 0.2) is 5.65 Å². The molecule has 3 aromatic rings. The topological polar surface area (TPSA) is 118 Å². The molecule has 4 rings (SSSR count). The van der Waals surface area contributed by atoms with Crippen molar-refractivity contribution in [3.8, 4) is 0 Å². The van der Waals surface area contributed by atoms with Crippen LogP contribution in [-0.4, -0.2) is 39.3 Å². The Hall–Kier alpha value is -3.74. The van der Waals surface area contributed by atoms with Crippen LogP contribution in [0.3, 0.4) is 0 Å². The first kappa shape index (κ1) is 25.4. The highest BCUT2D eigenvalue weighted by Gasteiger charge is 2.35. The molecule has 192 valence electrons. The molecule has 3 amide bonds. The quantitative estimate of drug-likeness (QED) is 0.350. The number of fused-ring (bicyclic) bond motifs is 1. The van der Waals surface area contributed by atoms with E-state index in [4.69, 9.17) is 5.73 Å². The van der Waals surface area contributed by atoms with Gasteiger partial charge < -0.3 is 16.4 Å². The minimum absolute atomic E-state index is 0.0549. The summed E-state index contributed by atoms with van der Waals surface area (Å²) in [5.41, 5.74) is 5.92. The van der Waals surface area contributed by atoms with Crippen molar-refractivity contribution in [2.24, 2.45) is 12.8 Å². The summed E-state index contributed by atoms with van der Waals surface area (Å²) in [7, 11) is 1.73. The Kier molecular flexibility index (Phi) is 6.85. The lowest BCUT2D eigenvalue weighted by Crippen LogP contribution is -2.35. The largest absolute Gasteiger partial charge is 0.419 e. The highest BCUT2D eigenvalue weighted by Crippen LogP contribution is 2.36. The summed E-state index contributed by atoms with van der Waals surface area (Å²) in [5.74, 6) is -1.52. The van der Waals surface area contributed by atoms with Gasteiger partial charge in [0.05, 0.1) is 39.9 Å². The summed E-state index contributed by atoms with van der Waals surface area (Å²) in [6, 6.07) is 1.00. The van der Waals surface area contributed by atoms with Crippen LogP contribution in [0.2, 0.25) is 0 Å². The molecular formula is C23H25F4N7O2. The second kappa shape index (κ2) is 9.72. The molecule has 1 saturated carbocycles. The van der Waals surface area contributed by atoms with Crippen molar-refractivity contribution in [3.63, 3.8) is 0 Å². The van der Waals surface area contributed by atoms with Gasteiger partial charge in [-0.15, -0.1) is 0 Å². The van der Waals surface area contributed by atoms with Crippen molar-refractivity contribution in [2.45, 2.75) is 50.9 Å². The molecule has 0 aliphatic heterocycles. The number of hydrogen-bond acceptors (Lipinski definition) is 6. The predicted octanol–water partition coefficient (Wildman–Crippen LogP) is 4.31. The number of carbonyl (C=O) groups is 2. The van der Waals surface area contributed by atoms with Gasteiger partial charge in [-0.1, -0.05) is 0 Å². The zero-order valence-corrected chi connectivity index (χ0v) is 19.6. The van der Waals surface area contributed by atoms with Gasteiger partial charge in [-0.3, -0.25) is 9.48 Å². The molecule has 13 heteroatoms. The van der Waals surface area contributed by atoms with Crippen LogP contribution in [-0.2, 0) is 18.0 Å². The number of nitrogens with one attached hydrogen (secondary N) is 2. The number of aryl methyl sites for hydroxylation is 2. The highest BCUT2D eigenvalue weighted by atomic mass is 19.4. The van der Waals surface area contributed by atoms with Gasteiger partial charge in [-0.25, -0.2) is 19.1 Å². The Morgan fingerprint density at radius 1 is 1.25 bits per heavy atom. The zero-order chi connectivity index (χ0) is 26.2. The van der Waals surface area contributed by atoms with Crippen LogP contribution < -0.4 is 21.3 Å². The number of aromatic nitrogens is 3. The van der Waals surface area contributed by atoms with E-state index in [0.717, 1.165) is 31.7 Å². The first-order valence-electron chi connectivity index (χ1n) is 11.3. The lowest BCUT2D eigenvalue weighted by molar-refractivity contribution is -0.140. The number of amides is 3. The SMILES string of the molecule is Cc1nn(C)c2ncc(NC(=O)N(C=O)c3ccc(F)c(C(F)(F)F)c3)c(NC3CCC(N)CC3)c12. The number of urea groups is 1. The number of carbonyl (C=O) groups excluding carboxylic acids is 2. The van der Waals surface area contributed by atoms with Crippen LogP contribution >= 0.6 is 0 Å². The van der Waals surface area contributed by atoms with Crippen LogP contribution in [0.15, 0.2) is 24.4 Å². The van der Waals surface area contributed by atoms with Gasteiger partial charge in [-0.05, 0) is 50.8 Å². The number of imide groups is 1. The zero-order valence-electron chi connectivity index (χ0n) is 19.6. The normalized spacial score (nSPS) is 18.2. The van der Waals surface area contributed by atoms with Gasteiger partial charge in [-0.2, -0.15) is 18.3 Å². The summed E-state index contributed by atoms with van der Waals surface area (Å²) >= 11 is 0. The fraction of sp³-hybridized carbons (Fsp3) is 0.391. The average molecular weight is 507 g/mol. The molecule has 0 saturated heterocycles. The smallest absolute Gasteiger partial charge is 0.380 e. The van der Waals surface area contributed by atoms with Crippen LogP contribution in [0.1, 0.15) is 36.9 Å². The molecule has 0 unspecified atom stereocenters. The first-order chi connectivity index (χ1) is 17.0. The second-order valence-electron chi connectivity index (χ2n) is 8.78. The van der Waals surface area contributed by atoms with E-state index in [2.05, 4.69) is 20.7 Å². The maximum absolute atomic E-state index is 13.7. The fourth-order valence-corrected chi connectivity index (χ4v) is 4.41. The lowest BCUT2D eigenvalue weighted by Gasteiger charge is -2.29. The van der Waals surface area contributed by atoms with Crippen molar-refractivity contribution >= 4 is 40.5 Å². The fourth-order valence-electron chi connectivity index (χ4n) is 4.41. The minimum Gasteiger partial charge on any atom is -0.380 e. The van der Waals surface area contributed by atoms with E-state index in [9.17, 15) is 27.2 Å². The summed E-state index contributed by atoms with van der Waals surface area (Å²) in [6.07, 6.45) is -0.318. The van der Waals surface area contributed by atoms with Gasteiger partial charge in [0, 0.05) is 19.1 Å². The number of benzene rings is 1. The molecule has 1 aliphatic carbocycles. The van der Waals surface area contributed by atoms with E-state index in [1.807, 2.05) is 0 Å². The molecule has 0 atom stereocenters. The molecule has 36 heavy (non-hydrogen) atoms. The van der Waals surface area contributed by atoms with Crippen molar-refractivity contribution in [2.75, 3.05) is 15.5 Å². The molecule has 0 radical (unpaired) electrons. The molecule has 0 spiro atoms. The van der Waals surface area contributed by atoms with E-state index in [1.165, 1.54) is 6.20 Å². The Labute approximate surface area is 203 Å². The van der Waals surface area contributed by atoms with Crippen molar-refractivity contribution in [3.05, 3.63) is 41.5 Å². The highest BCUT2D eigenvalue weighted by molar-refractivity contribution is 6.14. The first-order valence-corrected chi connectivity index (χ1v) is 11.3. The number of hydrogen-bond donors (Lipinski definition) is 3. The maximum Gasteiger partial charge on any atom is 0.419 e. The summed E-state index contributed by atoms with van der Waals surface area (Å²) < 4.78 is 54.8. The summed E-state index contributed by atoms with van der Waals surface area (Å²) in [6.45, 7) is 1.78. The number of rotatable bonds is 5. The summed E-state index contributed by atoms with van der Waals surface area (Å²) in [4.78, 5) is 29.5. The van der Waals surface area contributed by atoms with E-state index in [0.29, 0.717) is 39.4 Å². The van der Waals surface area contributed by atoms with Crippen LogP contribution in [0.4, 0.5) is 39.4 Å². The Morgan fingerprint density at radius 2 is 1.94 bits per heavy atom. The molecule has 2 aromatic heterocycles. The number of alkyl halides is 3. The molecule has 2 heterocycles. The summed E-state index contributed by atoms with van der Waals surface area (Å²) in [5, 5.41) is 11.0. The van der Waals surface area contributed by atoms with Crippen molar-refractivity contribution in [1.29, 1.82) is 0 Å². The van der Waals surface area contributed by atoms with Crippen molar-refractivity contribution < 1.29 is 27.2 Å². The van der Waals surface area contributed by atoms with Crippen molar-refractivity contribution in [1.82, 2.24) is 14.8 Å². The monoisotopic (exact) mass is 507 g/mol. The van der Waals surface area contributed by atoms with Gasteiger partial charge in [0.25, 0.3) is 0 Å². The van der Waals surface area contributed by atoms with E-state index < -0.39 is 29.3 Å². The molecule has 9 nitrogen and oxygen atoms in total. The molecule has 0 bridgehead atoms. The third kappa shape index (κ3) is 4.96. The lowest BCUT2D eigenvalue weighted by atomic mass is 9.91. The number of pyridine rings is 1. The molecule has 1 fully saturated rings. The van der Waals surface area contributed by atoms with Gasteiger partial charge in [0.1, 0.15) is 5.82 Å². The Balaban J connectivity index is 1.69. The minimum atomic E-state index is -5.00. The number of nitrogens with two attached hydrogens (primary N) is 1. The van der Waals surface area contributed by atoms with E-state index in [1.54, 1.807) is 18.7 Å². The third-order valence-corrected chi connectivity index (χ3v) is 6.25. The molecule has 1 aliphatic rings. The third-order valence-electron chi connectivity index (χ3n) is 6.25. The Morgan fingerprint density at radius 3 is 2.58 bits per heavy atom. The van der Waals surface area contributed by atoms with E-state index >= 15 is 0 Å². The standard InChI is InChI=1S/C23H25F4N7O2/c1-12-19-20(30-14-5-3-13(28)4-6-14)18(10-29-21(19)33(2)32-12)31-22(36)34(11-35)15-7-8-17(24)16(9-15)23(25,26)27/h7-11,13-14H,3-6,28H2,1-2H3,(H,29,30)(H,31,36). The van der Waals surface area contributed by atoms with Crippen LogP contribution in [0.5, 0.6) is 0 Å². The molecule has 1 aromatic carbocycles. The number of anilines is 3. The van der Waals surface area contributed by atoms with Crippen LogP contribution in [0, 0.1) is 12.7 Å². The van der Waals surface area contributed by atoms with E-state index in [-0.39, 0.29) is 24.2 Å². The van der Waals surface area contributed by atoms with Gasteiger partial charge >= 0.3 is 12.2 Å². The predicted molar refractivity (Wildman–Crippen MR) is 126 cm³/mol. The molecule has 4 N–H and O–H groups in total.